The highest BCUT2D eigenvalue weighted by molar-refractivity contribution is 9.11. The van der Waals surface area contributed by atoms with E-state index < -0.39 is 33.8 Å². The van der Waals surface area contributed by atoms with Crippen molar-refractivity contribution in [2.75, 3.05) is 5.32 Å². The Kier molecular flexibility index (Phi) is 4.09. The van der Waals surface area contributed by atoms with Gasteiger partial charge < -0.3 is 5.32 Å². The molecule has 0 saturated carbocycles. The van der Waals surface area contributed by atoms with E-state index in [2.05, 4.69) is 15.9 Å². The molecule has 2 aromatic rings. The summed E-state index contributed by atoms with van der Waals surface area (Å²) in [6.45, 7) is 0. The average molecular weight is 363 g/mol. The zero-order valence-corrected chi connectivity index (χ0v) is 11.9. The molecule has 104 valence electrons. The molecule has 0 fully saturated rings. The predicted octanol–water partition coefficient (Wildman–Crippen LogP) is 3.95. The van der Waals surface area contributed by atoms with Crippen molar-refractivity contribution in [3.8, 4) is 0 Å². The third-order valence-electron chi connectivity index (χ3n) is 2.31. The summed E-state index contributed by atoms with van der Waals surface area (Å²) < 4.78 is 27.4. The maximum absolute atomic E-state index is 13.6. The topological polar surface area (TPSA) is 72.2 Å². The van der Waals surface area contributed by atoms with E-state index >= 15 is 0 Å². The van der Waals surface area contributed by atoms with Gasteiger partial charge in [-0.05, 0) is 34.1 Å². The second-order valence-corrected chi connectivity index (χ2v) is 6.03. The van der Waals surface area contributed by atoms with Gasteiger partial charge in [-0.15, -0.1) is 11.3 Å². The lowest BCUT2D eigenvalue weighted by molar-refractivity contribution is -0.384. The maximum atomic E-state index is 13.6. The number of nitro groups is 1. The fourth-order valence-electron chi connectivity index (χ4n) is 1.42. The Labute approximate surface area is 123 Å². The van der Waals surface area contributed by atoms with Crippen molar-refractivity contribution >= 4 is 44.5 Å². The molecule has 5 nitrogen and oxygen atoms in total. The molecular weight excluding hydrogens is 358 g/mol. The third kappa shape index (κ3) is 2.83. The van der Waals surface area contributed by atoms with Crippen LogP contribution in [0.4, 0.5) is 20.2 Å². The first-order valence-corrected chi connectivity index (χ1v) is 6.70. The maximum Gasteiger partial charge on any atom is 0.296 e. The minimum absolute atomic E-state index is 0.204. The molecule has 0 aliphatic rings. The molecule has 0 aliphatic carbocycles. The summed E-state index contributed by atoms with van der Waals surface area (Å²) >= 11 is 4.20. The number of rotatable bonds is 3. The Bertz CT molecular complexity index is 705. The molecule has 0 unspecified atom stereocenters. The third-order valence-corrected chi connectivity index (χ3v) is 3.93. The predicted molar refractivity (Wildman–Crippen MR) is 73.0 cm³/mol. The Balaban J connectivity index is 2.40. The second kappa shape index (κ2) is 5.63. The minimum Gasteiger partial charge on any atom is -0.313 e. The summed E-state index contributed by atoms with van der Waals surface area (Å²) in [4.78, 5) is 21.9. The van der Waals surface area contributed by atoms with E-state index in [4.69, 9.17) is 0 Å². The van der Waals surface area contributed by atoms with E-state index in [9.17, 15) is 23.7 Å². The number of amides is 1. The van der Waals surface area contributed by atoms with Gasteiger partial charge in [0.05, 0.1) is 13.6 Å². The molecular formula is C11H5BrF2N2O3S. The van der Waals surface area contributed by atoms with E-state index in [1.807, 2.05) is 5.32 Å². The molecule has 0 atom stereocenters. The fraction of sp³-hybridized carbons (Fsp3) is 0. The van der Waals surface area contributed by atoms with Crippen molar-refractivity contribution in [3.05, 3.63) is 54.7 Å². The Hall–Kier alpha value is -1.87. The van der Waals surface area contributed by atoms with Crippen LogP contribution in [0.5, 0.6) is 0 Å². The number of hydrogen-bond acceptors (Lipinski definition) is 4. The van der Waals surface area contributed by atoms with Crippen molar-refractivity contribution in [1.29, 1.82) is 0 Å². The molecule has 2 rings (SSSR count). The van der Waals surface area contributed by atoms with E-state index in [0.29, 0.717) is 9.85 Å². The number of benzene rings is 1. The van der Waals surface area contributed by atoms with E-state index in [1.54, 1.807) is 6.07 Å². The molecule has 0 bridgehead atoms. The van der Waals surface area contributed by atoms with E-state index in [-0.39, 0.29) is 4.88 Å². The first-order chi connectivity index (χ1) is 9.40. The SMILES string of the molecule is O=C(Nc1c([N+](=O)[O-])ccc(F)c1F)c1ccc(Br)s1. The number of nitro benzene ring substituents is 1. The minimum atomic E-state index is -1.47. The molecule has 1 aromatic carbocycles. The molecule has 20 heavy (non-hydrogen) atoms. The first-order valence-electron chi connectivity index (χ1n) is 5.09. The zero-order chi connectivity index (χ0) is 14.9. The van der Waals surface area contributed by atoms with Gasteiger partial charge in [-0.3, -0.25) is 14.9 Å². The van der Waals surface area contributed by atoms with Crippen molar-refractivity contribution in [1.82, 2.24) is 0 Å². The smallest absolute Gasteiger partial charge is 0.296 e. The molecule has 1 N–H and O–H groups in total. The lowest BCUT2D eigenvalue weighted by atomic mass is 10.2. The Morgan fingerprint density at radius 2 is 2.00 bits per heavy atom. The normalized spacial score (nSPS) is 10.3. The lowest BCUT2D eigenvalue weighted by Gasteiger charge is -2.06. The van der Waals surface area contributed by atoms with Crippen LogP contribution < -0.4 is 5.32 Å². The number of thiophene rings is 1. The summed E-state index contributed by atoms with van der Waals surface area (Å²) in [7, 11) is 0. The number of anilines is 1. The van der Waals surface area contributed by atoms with Gasteiger partial charge in [0.15, 0.2) is 17.3 Å². The van der Waals surface area contributed by atoms with Gasteiger partial charge in [0, 0.05) is 6.07 Å². The van der Waals surface area contributed by atoms with Gasteiger partial charge in [-0.1, -0.05) is 0 Å². The zero-order valence-electron chi connectivity index (χ0n) is 9.52. The van der Waals surface area contributed by atoms with E-state index in [1.165, 1.54) is 6.07 Å². The van der Waals surface area contributed by atoms with Gasteiger partial charge >= 0.3 is 0 Å². The molecule has 1 amide bonds. The van der Waals surface area contributed by atoms with Crippen molar-refractivity contribution in [2.24, 2.45) is 0 Å². The number of carbonyl (C=O) groups excluding carboxylic acids is 1. The monoisotopic (exact) mass is 362 g/mol. The van der Waals surface area contributed by atoms with Crippen molar-refractivity contribution in [2.45, 2.75) is 0 Å². The van der Waals surface area contributed by atoms with Gasteiger partial charge in [-0.25, -0.2) is 8.78 Å². The van der Waals surface area contributed by atoms with Gasteiger partial charge in [0.25, 0.3) is 11.6 Å². The van der Waals surface area contributed by atoms with Gasteiger partial charge in [0.2, 0.25) is 0 Å². The molecule has 0 aliphatic heterocycles. The fourth-order valence-corrected chi connectivity index (χ4v) is 2.70. The van der Waals surface area contributed by atoms with Crippen LogP contribution in [-0.2, 0) is 0 Å². The summed E-state index contributed by atoms with van der Waals surface area (Å²) in [6, 6.07) is 4.46. The number of nitrogens with one attached hydrogen (secondary N) is 1. The highest BCUT2D eigenvalue weighted by Gasteiger charge is 2.24. The molecule has 0 spiro atoms. The van der Waals surface area contributed by atoms with Crippen molar-refractivity contribution in [3.63, 3.8) is 0 Å². The highest BCUT2D eigenvalue weighted by atomic mass is 79.9. The number of halogens is 3. The average Bonchev–Trinajstić information content (AvgIpc) is 2.81. The van der Waals surface area contributed by atoms with Crippen LogP contribution in [0.15, 0.2) is 28.1 Å². The van der Waals surface area contributed by atoms with Crippen LogP contribution in [-0.4, -0.2) is 10.8 Å². The first kappa shape index (κ1) is 14.5. The standard InChI is InChI=1S/C11H5BrF2N2O3S/c12-8-4-3-7(20-8)11(17)15-10-6(16(18)19)2-1-5(13)9(10)14/h1-4H,(H,15,17). The summed E-state index contributed by atoms with van der Waals surface area (Å²) in [6.07, 6.45) is 0. The van der Waals surface area contributed by atoms with Crippen LogP contribution in [0.1, 0.15) is 9.67 Å². The van der Waals surface area contributed by atoms with Crippen LogP contribution in [0.3, 0.4) is 0 Å². The lowest BCUT2D eigenvalue weighted by Crippen LogP contribution is -2.13. The number of carbonyl (C=O) groups is 1. The summed E-state index contributed by atoms with van der Waals surface area (Å²) in [5, 5.41) is 12.8. The highest BCUT2D eigenvalue weighted by Crippen LogP contribution is 2.30. The molecule has 9 heteroatoms. The summed E-state index contributed by atoms with van der Waals surface area (Å²) in [5.74, 6) is -3.50. The molecule has 0 saturated heterocycles. The second-order valence-electron chi connectivity index (χ2n) is 3.57. The van der Waals surface area contributed by atoms with Crippen LogP contribution in [0.25, 0.3) is 0 Å². The van der Waals surface area contributed by atoms with Crippen LogP contribution in [0.2, 0.25) is 0 Å². The number of nitrogens with zero attached hydrogens (tertiary/aromatic N) is 1. The van der Waals surface area contributed by atoms with Gasteiger partial charge in [0.1, 0.15) is 0 Å². The molecule has 1 aromatic heterocycles. The van der Waals surface area contributed by atoms with E-state index in [0.717, 1.165) is 17.4 Å². The quantitative estimate of drug-likeness (QED) is 0.663. The van der Waals surface area contributed by atoms with Crippen LogP contribution in [0, 0.1) is 21.7 Å². The molecule has 1 heterocycles. The number of hydrogen-bond donors (Lipinski definition) is 1. The largest absolute Gasteiger partial charge is 0.313 e. The molecule has 0 radical (unpaired) electrons. The van der Waals surface area contributed by atoms with Crippen LogP contribution >= 0.6 is 27.3 Å². The Morgan fingerprint density at radius 1 is 1.30 bits per heavy atom. The Morgan fingerprint density at radius 3 is 2.55 bits per heavy atom. The van der Waals surface area contributed by atoms with Gasteiger partial charge in [-0.2, -0.15) is 0 Å². The van der Waals surface area contributed by atoms with Crippen molar-refractivity contribution < 1.29 is 18.5 Å². The summed E-state index contributed by atoms with van der Waals surface area (Å²) in [5.41, 5.74) is -1.50.